The van der Waals surface area contributed by atoms with E-state index in [1.54, 1.807) is 17.0 Å². The minimum absolute atomic E-state index is 0.0359. The first-order valence-electron chi connectivity index (χ1n) is 6.48. The van der Waals surface area contributed by atoms with Crippen molar-refractivity contribution in [2.75, 3.05) is 11.4 Å². The smallest absolute Gasteiger partial charge is 0.310 e. The number of hydrogen-bond acceptors (Lipinski definition) is 4. The molecule has 0 radical (unpaired) electrons. The lowest BCUT2D eigenvalue weighted by molar-refractivity contribution is -0.384. The predicted octanol–water partition coefficient (Wildman–Crippen LogP) is 2.48. The van der Waals surface area contributed by atoms with Crippen molar-refractivity contribution in [3.05, 3.63) is 33.3 Å². The van der Waals surface area contributed by atoms with Crippen LogP contribution in [0.15, 0.2) is 18.2 Å². The van der Waals surface area contributed by atoms with E-state index in [2.05, 4.69) is 0 Å². The highest BCUT2D eigenvalue weighted by molar-refractivity contribution is 6.33. The Bertz CT molecular complexity index is 530. The molecule has 0 saturated heterocycles. The largest absolute Gasteiger partial charge is 0.368 e. The lowest BCUT2D eigenvalue weighted by atomic mass is 10.1. The molecule has 2 rings (SSSR count). The van der Waals surface area contributed by atoms with Crippen LogP contribution in [0.2, 0.25) is 5.02 Å². The zero-order valence-corrected chi connectivity index (χ0v) is 11.7. The van der Waals surface area contributed by atoms with E-state index >= 15 is 0 Å². The number of nitrogens with two attached hydrogens (primary N) is 1. The Balaban J connectivity index is 2.44. The second-order valence-electron chi connectivity index (χ2n) is 4.90. The van der Waals surface area contributed by atoms with E-state index in [1.807, 2.05) is 0 Å². The standard InChI is InChI=1S/C13H16ClN3O3/c14-10-6-3-7-11(13(10)17(19)20)16(8-12(15)18)9-4-1-2-5-9/h3,6-7,9H,1-2,4-5,8H2,(H2,15,18). The van der Waals surface area contributed by atoms with Gasteiger partial charge < -0.3 is 10.6 Å². The van der Waals surface area contributed by atoms with Gasteiger partial charge in [-0.15, -0.1) is 0 Å². The first-order chi connectivity index (χ1) is 9.50. The molecule has 0 spiro atoms. The number of nitro groups is 1. The normalized spacial score (nSPS) is 15.2. The molecule has 0 aliphatic heterocycles. The van der Waals surface area contributed by atoms with Crippen LogP contribution >= 0.6 is 11.6 Å². The molecule has 0 unspecified atom stereocenters. The molecule has 0 aromatic heterocycles. The summed E-state index contributed by atoms with van der Waals surface area (Å²) in [6, 6.07) is 4.83. The molecule has 1 aromatic rings. The molecular weight excluding hydrogens is 282 g/mol. The summed E-state index contributed by atoms with van der Waals surface area (Å²) in [5, 5.41) is 11.3. The number of nitro benzene ring substituents is 1. The molecule has 20 heavy (non-hydrogen) atoms. The van der Waals surface area contributed by atoms with E-state index < -0.39 is 10.8 Å². The summed E-state index contributed by atoms with van der Waals surface area (Å²) in [6.45, 7) is -0.0359. The van der Waals surface area contributed by atoms with Crippen LogP contribution in [0.5, 0.6) is 0 Å². The summed E-state index contributed by atoms with van der Waals surface area (Å²) < 4.78 is 0. The molecule has 1 aliphatic rings. The number of carbonyl (C=O) groups excluding carboxylic acids is 1. The van der Waals surface area contributed by atoms with E-state index in [1.165, 1.54) is 6.07 Å². The van der Waals surface area contributed by atoms with Gasteiger partial charge in [-0.1, -0.05) is 30.5 Å². The van der Waals surface area contributed by atoms with Gasteiger partial charge in [-0.05, 0) is 25.0 Å². The Morgan fingerprint density at radius 3 is 2.65 bits per heavy atom. The van der Waals surface area contributed by atoms with Gasteiger partial charge in [0.05, 0.1) is 11.5 Å². The number of para-hydroxylation sites is 1. The van der Waals surface area contributed by atoms with Crippen LogP contribution in [0.25, 0.3) is 0 Å². The van der Waals surface area contributed by atoms with Gasteiger partial charge in [-0.2, -0.15) is 0 Å². The molecule has 0 bridgehead atoms. The topological polar surface area (TPSA) is 89.5 Å². The highest BCUT2D eigenvalue weighted by Gasteiger charge is 2.30. The Kier molecular flexibility index (Phi) is 4.44. The number of nitrogens with zero attached hydrogens (tertiary/aromatic N) is 2. The summed E-state index contributed by atoms with van der Waals surface area (Å²) >= 11 is 5.93. The van der Waals surface area contributed by atoms with Gasteiger partial charge in [-0.3, -0.25) is 14.9 Å². The van der Waals surface area contributed by atoms with E-state index in [4.69, 9.17) is 17.3 Å². The highest BCUT2D eigenvalue weighted by Crippen LogP contribution is 2.38. The molecule has 2 N–H and O–H groups in total. The molecule has 1 saturated carbocycles. The zero-order valence-electron chi connectivity index (χ0n) is 10.9. The third kappa shape index (κ3) is 3.01. The number of halogens is 1. The number of benzene rings is 1. The molecule has 1 amide bonds. The molecule has 1 aromatic carbocycles. The maximum atomic E-state index is 11.3. The van der Waals surface area contributed by atoms with E-state index in [9.17, 15) is 14.9 Å². The molecular formula is C13H16ClN3O3. The number of anilines is 1. The molecule has 108 valence electrons. The maximum Gasteiger partial charge on any atom is 0.310 e. The van der Waals surface area contributed by atoms with E-state index in [0.29, 0.717) is 5.69 Å². The van der Waals surface area contributed by atoms with Crippen molar-refractivity contribution in [1.82, 2.24) is 0 Å². The summed E-state index contributed by atoms with van der Waals surface area (Å²) in [5.41, 5.74) is 5.48. The van der Waals surface area contributed by atoms with Crippen LogP contribution in [-0.4, -0.2) is 23.4 Å². The van der Waals surface area contributed by atoms with Crippen molar-refractivity contribution in [3.63, 3.8) is 0 Å². The van der Waals surface area contributed by atoms with Crippen molar-refractivity contribution in [2.24, 2.45) is 5.73 Å². The minimum Gasteiger partial charge on any atom is -0.368 e. The minimum atomic E-state index is -0.513. The Hall–Kier alpha value is -1.82. The predicted molar refractivity (Wildman–Crippen MR) is 76.9 cm³/mol. The Morgan fingerprint density at radius 2 is 2.10 bits per heavy atom. The lowest BCUT2D eigenvalue weighted by Crippen LogP contribution is -2.40. The van der Waals surface area contributed by atoms with E-state index in [-0.39, 0.29) is 23.3 Å². The quantitative estimate of drug-likeness (QED) is 0.668. The number of carbonyl (C=O) groups is 1. The zero-order chi connectivity index (χ0) is 14.7. The number of hydrogen-bond donors (Lipinski definition) is 1. The van der Waals surface area contributed by atoms with Gasteiger partial charge in [0.1, 0.15) is 10.7 Å². The maximum absolute atomic E-state index is 11.3. The van der Waals surface area contributed by atoms with Gasteiger partial charge in [-0.25, -0.2) is 0 Å². The molecule has 1 aliphatic carbocycles. The number of amides is 1. The van der Waals surface area contributed by atoms with Gasteiger partial charge in [0.25, 0.3) is 0 Å². The van der Waals surface area contributed by atoms with Gasteiger partial charge in [0.2, 0.25) is 5.91 Å². The van der Waals surface area contributed by atoms with Crippen molar-refractivity contribution >= 4 is 28.9 Å². The van der Waals surface area contributed by atoms with Gasteiger partial charge >= 0.3 is 5.69 Å². The molecule has 6 nitrogen and oxygen atoms in total. The fourth-order valence-corrected chi connectivity index (χ4v) is 2.95. The summed E-state index contributed by atoms with van der Waals surface area (Å²) in [5.74, 6) is -0.508. The monoisotopic (exact) mass is 297 g/mol. The SMILES string of the molecule is NC(=O)CN(c1cccc(Cl)c1[N+](=O)[O-])C1CCCC1. The lowest BCUT2D eigenvalue weighted by Gasteiger charge is -2.29. The number of rotatable bonds is 5. The van der Waals surface area contributed by atoms with Crippen LogP contribution in [0, 0.1) is 10.1 Å². The van der Waals surface area contributed by atoms with Crippen molar-refractivity contribution in [2.45, 2.75) is 31.7 Å². The van der Waals surface area contributed by atoms with Crippen LogP contribution in [-0.2, 0) is 4.79 Å². The average Bonchev–Trinajstić information content (AvgIpc) is 2.88. The van der Waals surface area contributed by atoms with Crippen LogP contribution < -0.4 is 10.6 Å². The molecule has 0 atom stereocenters. The van der Waals surface area contributed by atoms with Crippen molar-refractivity contribution in [1.29, 1.82) is 0 Å². The molecule has 7 heteroatoms. The van der Waals surface area contributed by atoms with Gasteiger partial charge in [0.15, 0.2) is 0 Å². The highest BCUT2D eigenvalue weighted by atomic mass is 35.5. The first kappa shape index (κ1) is 14.6. The second kappa shape index (κ2) is 6.09. The van der Waals surface area contributed by atoms with Crippen LogP contribution in [0.1, 0.15) is 25.7 Å². The summed E-state index contributed by atoms with van der Waals surface area (Å²) in [4.78, 5) is 23.7. The summed E-state index contributed by atoms with van der Waals surface area (Å²) in [7, 11) is 0. The molecule has 1 fully saturated rings. The molecule has 0 heterocycles. The Morgan fingerprint density at radius 1 is 1.45 bits per heavy atom. The van der Waals surface area contributed by atoms with Crippen LogP contribution in [0.3, 0.4) is 0 Å². The van der Waals surface area contributed by atoms with Gasteiger partial charge in [0, 0.05) is 6.04 Å². The third-order valence-corrected chi connectivity index (χ3v) is 3.85. The second-order valence-corrected chi connectivity index (χ2v) is 5.30. The van der Waals surface area contributed by atoms with E-state index in [0.717, 1.165) is 25.7 Å². The fourth-order valence-electron chi connectivity index (χ4n) is 2.71. The summed E-state index contributed by atoms with van der Waals surface area (Å²) in [6.07, 6.45) is 3.90. The third-order valence-electron chi connectivity index (χ3n) is 3.55. The average molecular weight is 298 g/mol. The number of primary amides is 1. The van der Waals surface area contributed by atoms with Crippen LogP contribution in [0.4, 0.5) is 11.4 Å². The fraction of sp³-hybridized carbons (Fsp3) is 0.462. The van der Waals surface area contributed by atoms with Crippen molar-refractivity contribution in [3.8, 4) is 0 Å². The Labute approximate surface area is 121 Å². The van der Waals surface area contributed by atoms with Crippen molar-refractivity contribution < 1.29 is 9.72 Å². The first-order valence-corrected chi connectivity index (χ1v) is 6.86.